The predicted molar refractivity (Wildman–Crippen MR) is 138 cm³/mol. The minimum atomic E-state index is -0.475. The second-order valence-electron chi connectivity index (χ2n) is 9.21. The number of aromatic nitrogens is 2. The van der Waals surface area contributed by atoms with E-state index >= 15 is 0 Å². The summed E-state index contributed by atoms with van der Waals surface area (Å²) >= 11 is 5.98. The molecule has 0 bridgehead atoms. The SMILES string of the molecule is CN1CCN(CCOc2cc(OC3CCOCC3)c3c(Nc4ccc(F)c(Cl)c4)ncnc3c2)CC1. The number of rotatable bonds is 8. The maximum Gasteiger partial charge on any atom is 0.145 e. The molecule has 3 heterocycles. The van der Waals surface area contributed by atoms with Gasteiger partial charge in [-0.05, 0) is 25.2 Å². The Morgan fingerprint density at radius 3 is 2.69 bits per heavy atom. The fourth-order valence-electron chi connectivity index (χ4n) is 4.45. The van der Waals surface area contributed by atoms with Gasteiger partial charge < -0.3 is 24.4 Å². The lowest BCUT2D eigenvalue weighted by Crippen LogP contribution is -2.45. The van der Waals surface area contributed by atoms with Crippen molar-refractivity contribution in [2.45, 2.75) is 18.9 Å². The van der Waals surface area contributed by atoms with Crippen molar-refractivity contribution in [1.29, 1.82) is 0 Å². The normalized spacial score (nSPS) is 17.9. The van der Waals surface area contributed by atoms with E-state index in [1.54, 1.807) is 6.07 Å². The van der Waals surface area contributed by atoms with E-state index in [0.29, 0.717) is 48.3 Å². The van der Waals surface area contributed by atoms with E-state index in [2.05, 4.69) is 32.1 Å². The molecular weight excluding hydrogens is 485 g/mol. The Labute approximate surface area is 215 Å². The molecule has 1 aromatic heterocycles. The topological polar surface area (TPSA) is 72.0 Å². The van der Waals surface area contributed by atoms with Crippen LogP contribution in [0.2, 0.25) is 5.02 Å². The van der Waals surface area contributed by atoms with Gasteiger partial charge in [0.25, 0.3) is 0 Å². The van der Waals surface area contributed by atoms with E-state index in [1.807, 2.05) is 12.1 Å². The van der Waals surface area contributed by atoms with Crippen molar-refractivity contribution in [3.05, 3.63) is 47.5 Å². The number of hydrogen-bond donors (Lipinski definition) is 1. The standard InChI is InChI=1S/C26H31ClFN5O3/c1-32-6-8-33(9-7-32)10-13-35-20-15-23-25(24(16-20)36-19-4-11-34-12-5-19)26(30-17-29-23)31-18-2-3-22(28)21(27)14-18/h2-3,14-17,19H,4-13H2,1H3,(H,29,30,31). The molecule has 0 amide bonds. The Bertz CT molecular complexity index is 1190. The zero-order chi connectivity index (χ0) is 24.9. The third-order valence-electron chi connectivity index (χ3n) is 6.59. The summed E-state index contributed by atoms with van der Waals surface area (Å²) < 4.78 is 31.8. The second-order valence-corrected chi connectivity index (χ2v) is 9.62. The number of hydrogen-bond acceptors (Lipinski definition) is 8. The van der Waals surface area contributed by atoms with Gasteiger partial charge in [-0.15, -0.1) is 0 Å². The number of likely N-dealkylation sites (N-methyl/N-ethyl adjacent to an activating group) is 1. The minimum absolute atomic E-state index is 0.0239. The van der Waals surface area contributed by atoms with Crippen LogP contribution in [0, 0.1) is 5.82 Å². The van der Waals surface area contributed by atoms with Crippen LogP contribution in [-0.2, 0) is 4.74 Å². The predicted octanol–water partition coefficient (Wildman–Crippen LogP) is 4.35. The smallest absolute Gasteiger partial charge is 0.145 e. The van der Waals surface area contributed by atoms with Crippen LogP contribution in [0.15, 0.2) is 36.7 Å². The molecule has 0 radical (unpaired) electrons. The Kier molecular flexibility index (Phi) is 8.01. The number of ether oxygens (including phenoxy) is 3. The van der Waals surface area contributed by atoms with Crippen molar-refractivity contribution in [2.24, 2.45) is 0 Å². The van der Waals surface area contributed by atoms with E-state index in [4.69, 9.17) is 25.8 Å². The summed E-state index contributed by atoms with van der Waals surface area (Å²) in [4.78, 5) is 13.7. The molecule has 2 aliphatic heterocycles. The fraction of sp³-hybridized carbons (Fsp3) is 0.462. The van der Waals surface area contributed by atoms with Gasteiger partial charge in [0.2, 0.25) is 0 Å². The molecule has 5 rings (SSSR count). The number of benzene rings is 2. The third-order valence-corrected chi connectivity index (χ3v) is 6.88. The zero-order valence-corrected chi connectivity index (χ0v) is 21.1. The molecule has 2 aromatic carbocycles. The van der Waals surface area contributed by atoms with Gasteiger partial charge in [-0.25, -0.2) is 14.4 Å². The zero-order valence-electron chi connectivity index (χ0n) is 20.4. The second kappa shape index (κ2) is 11.6. The van der Waals surface area contributed by atoms with Crippen LogP contribution in [-0.4, -0.2) is 85.5 Å². The Hall–Kier alpha value is -2.72. The number of fused-ring (bicyclic) bond motifs is 1. The number of halogens is 2. The first-order valence-corrected chi connectivity index (χ1v) is 12.7. The lowest BCUT2D eigenvalue weighted by atomic mass is 10.1. The lowest BCUT2D eigenvalue weighted by Gasteiger charge is -2.32. The minimum Gasteiger partial charge on any atom is -0.492 e. The highest BCUT2D eigenvalue weighted by atomic mass is 35.5. The van der Waals surface area contributed by atoms with Crippen molar-refractivity contribution < 1.29 is 18.6 Å². The van der Waals surface area contributed by atoms with Crippen LogP contribution in [0.5, 0.6) is 11.5 Å². The highest BCUT2D eigenvalue weighted by molar-refractivity contribution is 6.31. The van der Waals surface area contributed by atoms with Gasteiger partial charge >= 0.3 is 0 Å². The number of nitrogens with one attached hydrogen (secondary N) is 1. The van der Waals surface area contributed by atoms with Gasteiger partial charge in [0.1, 0.15) is 42.2 Å². The molecular formula is C26H31ClFN5O3. The fourth-order valence-corrected chi connectivity index (χ4v) is 4.63. The summed E-state index contributed by atoms with van der Waals surface area (Å²) in [6.07, 6.45) is 3.12. The highest BCUT2D eigenvalue weighted by Gasteiger charge is 2.20. The summed E-state index contributed by atoms with van der Waals surface area (Å²) in [5, 5.41) is 4.01. The molecule has 3 aromatic rings. The van der Waals surface area contributed by atoms with E-state index in [-0.39, 0.29) is 11.1 Å². The van der Waals surface area contributed by atoms with Crippen LogP contribution >= 0.6 is 11.6 Å². The molecule has 2 aliphatic rings. The number of nitrogens with zero attached hydrogens (tertiary/aromatic N) is 4. The van der Waals surface area contributed by atoms with Gasteiger partial charge in [0.05, 0.1) is 29.1 Å². The summed E-state index contributed by atoms with van der Waals surface area (Å²) in [6, 6.07) is 8.28. The summed E-state index contributed by atoms with van der Waals surface area (Å²) in [5.74, 6) is 1.42. The Balaban J connectivity index is 1.40. The largest absolute Gasteiger partial charge is 0.492 e. The molecule has 10 heteroatoms. The number of anilines is 2. The first-order valence-electron chi connectivity index (χ1n) is 12.3. The van der Waals surface area contributed by atoms with Crippen molar-refractivity contribution in [1.82, 2.24) is 19.8 Å². The molecule has 0 saturated carbocycles. The third kappa shape index (κ3) is 6.15. The van der Waals surface area contributed by atoms with Crippen LogP contribution in [0.3, 0.4) is 0 Å². The molecule has 0 atom stereocenters. The Morgan fingerprint density at radius 2 is 1.92 bits per heavy atom. The Morgan fingerprint density at radius 1 is 1.11 bits per heavy atom. The highest BCUT2D eigenvalue weighted by Crippen LogP contribution is 2.37. The molecule has 36 heavy (non-hydrogen) atoms. The molecule has 0 spiro atoms. The van der Waals surface area contributed by atoms with Crippen LogP contribution in [0.1, 0.15) is 12.8 Å². The van der Waals surface area contributed by atoms with E-state index in [9.17, 15) is 4.39 Å². The van der Waals surface area contributed by atoms with Gasteiger partial charge in [-0.1, -0.05) is 11.6 Å². The first kappa shape index (κ1) is 25.0. The van der Waals surface area contributed by atoms with E-state index in [1.165, 1.54) is 18.5 Å². The molecule has 192 valence electrons. The van der Waals surface area contributed by atoms with Crippen molar-refractivity contribution >= 4 is 34.0 Å². The van der Waals surface area contributed by atoms with E-state index < -0.39 is 5.82 Å². The van der Waals surface area contributed by atoms with Crippen LogP contribution in [0.25, 0.3) is 10.9 Å². The summed E-state index contributed by atoms with van der Waals surface area (Å²) in [6.45, 7) is 7.02. The molecule has 8 nitrogen and oxygen atoms in total. The summed E-state index contributed by atoms with van der Waals surface area (Å²) in [7, 11) is 2.15. The van der Waals surface area contributed by atoms with Gasteiger partial charge in [0.15, 0.2) is 0 Å². The molecule has 0 unspecified atom stereocenters. The van der Waals surface area contributed by atoms with Crippen molar-refractivity contribution in [3.63, 3.8) is 0 Å². The summed E-state index contributed by atoms with van der Waals surface area (Å²) in [5.41, 5.74) is 1.31. The average Bonchev–Trinajstić information content (AvgIpc) is 2.88. The molecule has 2 fully saturated rings. The van der Waals surface area contributed by atoms with Gasteiger partial charge in [-0.2, -0.15) is 0 Å². The van der Waals surface area contributed by atoms with Gasteiger partial charge in [0, 0.05) is 63.4 Å². The average molecular weight is 516 g/mol. The molecule has 1 N–H and O–H groups in total. The maximum absolute atomic E-state index is 13.7. The van der Waals surface area contributed by atoms with Crippen LogP contribution < -0.4 is 14.8 Å². The monoisotopic (exact) mass is 515 g/mol. The number of piperazine rings is 1. The van der Waals surface area contributed by atoms with E-state index in [0.717, 1.165) is 51.0 Å². The first-order chi connectivity index (χ1) is 17.5. The van der Waals surface area contributed by atoms with Crippen molar-refractivity contribution in [3.8, 4) is 11.5 Å². The van der Waals surface area contributed by atoms with Crippen molar-refractivity contribution in [2.75, 3.05) is 64.9 Å². The van der Waals surface area contributed by atoms with Crippen LogP contribution in [0.4, 0.5) is 15.9 Å². The molecule has 2 saturated heterocycles. The van der Waals surface area contributed by atoms with Gasteiger partial charge in [-0.3, -0.25) is 4.90 Å². The maximum atomic E-state index is 13.7. The quantitative estimate of drug-likeness (QED) is 0.475. The molecule has 0 aliphatic carbocycles. The lowest BCUT2D eigenvalue weighted by molar-refractivity contribution is 0.0261.